The fourth-order valence-electron chi connectivity index (χ4n) is 4.87. The molecule has 0 aromatic heterocycles. The quantitative estimate of drug-likeness (QED) is 0.510. The maximum Gasteiger partial charge on any atom is 0.337 e. The van der Waals surface area contributed by atoms with Crippen molar-refractivity contribution in [1.82, 2.24) is 15.5 Å². The molecule has 1 unspecified atom stereocenters. The van der Waals surface area contributed by atoms with Gasteiger partial charge in [0, 0.05) is 24.7 Å². The summed E-state index contributed by atoms with van der Waals surface area (Å²) in [5.41, 5.74) is 2.27. The number of amides is 3. The van der Waals surface area contributed by atoms with Crippen LogP contribution in [0.15, 0.2) is 48.5 Å². The van der Waals surface area contributed by atoms with Crippen LogP contribution in [-0.4, -0.2) is 49.0 Å². The van der Waals surface area contributed by atoms with Crippen LogP contribution in [0, 0.1) is 11.3 Å². The molecule has 3 rings (SSSR count). The topological polar surface area (TPSA) is 87.7 Å². The van der Waals surface area contributed by atoms with Crippen LogP contribution in [0.25, 0.3) is 0 Å². The summed E-state index contributed by atoms with van der Waals surface area (Å²) in [5, 5.41) is 6.37. The minimum Gasteiger partial charge on any atom is -0.465 e. The molecule has 0 spiro atoms. The molecule has 0 bridgehead atoms. The molecule has 2 aromatic carbocycles. The first kappa shape index (κ1) is 27.5. The Morgan fingerprint density at radius 2 is 1.83 bits per heavy atom. The van der Waals surface area contributed by atoms with Gasteiger partial charge in [0.1, 0.15) is 6.04 Å². The summed E-state index contributed by atoms with van der Waals surface area (Å²) < 4.78 is 4.74. The van der Waals surface area contributed by atoms with Gasteiger partial charge < -0.3 is 20.3 Å². The number of urea groups is 1. The molecule has 8 heteroatoms. The van der Waals surface area contributed by atoms with E-state index in [4.69, 9.17) is 16.3 Å². The molecule has 0 radical (unpaired) electrons. The largest absolute Gasteiger partial charge is 0.465 e. The number of nitrogens with one attached hydrogen (secondary N) is 2. The van der Waals surface area contributed by atoms with E-state index in [2.05, 4.69) is 36.6 Å². The molecule has 1 fully saturated rings. The number of benzene rings is 2. The van der Waals surface area contributed by atoms with Gasteiger partial charge in [-0.2, -0.15) is 0 Å². The standard InChI is InChI=1S/C28H36ClN3O4/c1-18(2)24(31-27(35)30-16-19-7-6-8-21(15-19)26(34)36-5)25(33)32-14-13-23(28(3,4)17-32)20-9-11-22(29)12-10-20/h6-12,15,18,23-24H,13-14,16-17H2,1-5H3,(H2,30,31,35)/t23?,24-/m1/s1. The predicted octanol–water partition coefficient (Wildman–Crippen LogP) is 4.99. The highest BCUT2D eigenvalue weighted by atomic mass is 35.5. The first-order valence-electron chi connectivity index (χ1n) is 12.3. The normalized spacial score (nSPS) is 17.9. The van der Waals surface area contributed by atoms with Crippen LogP contribution in [0.4, 0.5) is 4.79 Å². The molecule has 1 aliphatic rings. The summed E-state index contributed by atoms with van der Waals surface area (Å²) in [6, 6.07) is 13.7. The summed E-state index contributed by atoms with van der Waals surface area (Å²) in [7, 11) is 1.32. The lowest BCUT2D eigenvalue weighted by atomic mass is 9.70. The van der Waals surface area contributed by atoms with Gasteiger partial charge in [0.2, 0.25) is 5.91 Å². The van der Waals surface area contributed by atoms with Crippen molar-refractivity contribution in [3.05, 3.63) is 70.2 Å². The van der Waals surface area contributed by atoms with Gasteiger partial charge in [0.15, 0.2) is 0 Å². The van der Waals surface area contributed by atoms with Crippen LogP contribution >= 0.6 is 11.6 Å². The van der Waals surface area contributed by atoms with E-state index in [-0.39, 0.29) is 23.8 Å². The van der Waals surface area contributed by atoms with Gasteiger partial charge >= 0.3 is 12.0 Å². The maximum atomic E-state index is 13.5. The molecule has 2 atom stereocenters. The van der Waals surface area contributed by atoms with Crippen molar-refractivity contribution in [3.63, 3.8) is 0 Å². The van der Waals surface area contributed by atoms with E-state index in [9.17, 15) is 14.4 Å². The molecule has 0 saturated carbocycles. The van der Waals surface area contributed by atoms with Gasteiger partial charge in [-0.05, 0) is 59.1 Å². The molecular formula is C28H36ClN3O4. The molecule has 0 aliphatic carbocycles. The van der Waals surface area contributed by atoms with Crippen LogP contribution in [0.3, 0.4) is 0 Å². The number of carbonyl (C=O) groups excluding carboxylic acids is 3. The lowest BCUT2D eigenvalue weighted by Gasteiger charge is -2.45. The number of hydrogen-bond acceptors (Lipinski definition) is 4. The Kier molecular flexibility index (Phi) is 9.01. The fraction of sp³-hybridized carbons (Fsp3) is 0.464. The van der Waals surface area contributed by atoms with Crippen molar-refractivity contribution >= 4 is 29.5 Å². The van der Waals surface area contributed by atoms with E-state index in [1.54, 1.807) is 18.2 Å². The van der Waals surface area contributed by atoms with Crippen molar-refractivity contribution in [2.45, 2.75) is 52.6 Å². The molecular weight excluding hydrogens is 478 g/mol. The van der Waals surface area contributed by atoms with Crippen molar-refractivity contribution in [2.75, 3.05) is 20.2 Å². The van der Waals surface area contributed by atoms with Crippen molar-refractivity contribution in [2.24, 2.45) is 11.3 Å². The van der Waals surface area contributed by atoms with Crippen LogP contribution in [0.2, 0.25) is 5.02 Å². The number of piperidine rings is 1. The van der Waals surface area contributed by atoms with Crippen LogP contribution < -0.4 is 10.6 Å². The van der Waals surface area contributed by atoms with E-state index >= 15 is 0 Å². The number of ether oxygens (including phenoxy) is 1. The Bertz CT molecular complexity index is 1080. The first-order chi connectivity index (χ1) is 17.0. The number of halogens is 1. The minimum absolute atomic E-state index is 0.0736. The zero-order valence-electron chi connectivity index (χ0n) is 21.6. The van der Waals surface area contributed by atoms with Gasteiger partial charge in [-0.1, -0.05) is 63.6 Å². The Hall–Kier alpha value is -3.06. The van der Waals surface area contributed by atoms with E-state index in [1.807, 2.05) is 36.9 Å². The Labute approximate surface area is 218 Å². The van der Waals surface area contributed by atoms with E-state index in [0.717, 1.165) is 12.0 Å². The van der Waals surface area contributed by atoms with E-state index < -0.39 is 18.0 Å². The number of rotatable bonds is 7. The molecule has 1 saturated heterocycles. The summed E-state index contributed by atoms with van der Waals surface area (Å²) in [4.78, 5) is 39.8. The van der Waals surface area contributed by atoms with Gasteiger partial charge in [-0.25, -0.2) is 9.59 Å². The van der Waals surface area contributed by atoms with Crippen LogP contribution in [-0.2, 0) is 16.1 Å². The summed E-state index contributed by atoms with van der Waals surface area (Å²) in [5.74, 6) is -0.277. The lowest BCUT2D eigenvalue weighted by Crippen LogP contribution is -2.57. The molecule has 3 amide bonds. The number of methoxy groups -OCH3 is 1. The number of nitrogens with zero attached hydrogens (tertiary/aromatic N) is 1. The third-order valence-electron chi connectivity index (χ3n) is 6.83. The molecule has 7 nitrogen and oxygen atoms in total. The second kappa shape index (κ2) is 11.8. The molecule has 2 aromatic rings. The van der Waals surface area contributed by atoms with Gasteiger partial charge in [-0.15, -0.1) is 0 Å². The number of carbonyl (C=O) groups is 3. The minimum atomic E-state index is -0.644. The molecule has 36 heavy (non-hydrogen) atoms. The highest BCUT2D eigenvalue weighted by Gasteiger charge is 2.40. The summed E-state index contributed by atoms with van der Waals surface area (Å²) >= 11 is 6.06. The first-order valence-corrected chi connectivity index (χ1v) is 12.7. The fourth-order valence-corrected chi connectivity index (χ4v) is 4.99. The lowest BCUT2D eigenvalue weighted by molar-refractivity contribution is -0.137. The second-order valence-electron chi connectivity index (χ2n) is 10.4. The van der Waals surface area contributed by atoms with Crippen molar-refractivity contribution < 1.29 is 19.1 Å². The SMILES string of the molecule is COC(=O)c1cccc(CNC(=O)N[C@@H](C(=O)N2CCC(c3ccc(Cl)cc3)C(C)(C)C2)C(C)C)c1. The van der Waals surface area contributed by atoms with Crippen molar-refractivity contribution in [1.29, 1.82) is 0 Å². The van der Waals surface area contributed by atoms with Crippen LogP contribution in [0.5, 0.6) is 0 Å². The van der Waals surface area contributed by atoms with Crippen molar-refractivity contribution in [3.8, 4) is 0 Å². The van der Waals surface area contributed by atoms with Gasteiger partial charge in [0.05, 0.1) is 12.7 Å². The Balaban J connectivity index is 1.61. The molecule has 2 N–H and O–H groups in total. The number of hydrogen-bond donors (Lipinski definition) is 2. The predicted molar refractivity (Wildman–Crippen MR) is 141 cm³/mol. The van der Waals surface area contributed by atoms with Gasteiger partial charge in [-0.3, -0.25) is 4.79 Å². The van der Waals surface area contributed by atoms with E-state index in [0.29, 0.717) is 29.6 Å². The number of esters is 1. The molecule has 1 heterocycles. The zero-order chi connectivity index (χ0) is 26.5. The Morgan fingerprint density at radius 1 is 1.14 bits per heavy atom. The highest BCUT2D eigenvalue weighted by molar-refractivity contribution is 6.30. The molecule has 194 valence electrons. The maximum absolute atomic E-state index is 13.5. The Morgan fingerprint density at radius 3 is 2.44 bits per heavy atom. The molecule has 1 aliphatic heterocycles. The monoisotopic (exact) mass is 513 g/mol. The van der Waals surface area contributed by atoms with Crippen LogP contribution in [0.1, 0.15) is 61.5 Å². The van der Waals surface area contributed by atoms with Gasteiger partial charge in [0.25, 0.3) is 0 Å². The highest BCUT2D eigenvalue weighted by Crippen LogP contribution is 2.42. The average molecular weight is 514 g/mol. The second-order valence-corrected chi connectivity index (χ2v) is 10.8. The summed E-state index contributed by atoms with van der Waals surface area (Å²) in [6.45, 7) is 9.66. The van der Waals surface area contributed by atoms with E-state index in [1.165, 1.54) is 12.7 Å². The average Bonchev–Trinajstić information content (AvgIpc) is 2.85. The zero-order valence-corrected chi connectivity index (χ0v) is 22.4. The summed E-state index contributed by atoms with van der Waals surface area (Å²) in [6.07, 6.45) is 0.841. The third kappa shape index (κ3) is 6.78. The third-order valence-corrected chi connectivity index (χ3v) is 7.09. The smallest absolute Gasteiger partial charge is 0.337 e. The number of likely N-dealkylation sites (tertiary alicyclic amines) is 1.